The fraction of sp³-hybridized carbons (Fsp3) is 0.111. The van der Waals surface area contributed by atoms with E-state index in [1.165, 1.54) is 30.1 Å². The summed E-state index contributed by atoms with van der Waals surface area (Å²) in [6, 6.07) is 11.2. The number of nitrogens with zero attached hydrogens (tertiary/aromatic N) is 2. The number of halogens is 2. The zero-order valence-electron chi connectivity index (χ0n) is 13.3. The minimum absolute atomic E-state index is 0.242. The number of hydrogen-bond donors (Lipinski definition) is 2. The highest BCUT2D eigenvalue weighted by Gasteiger charge is 2.09. The predicted molar refractivity (Wildman–Crippen MR) is 90.9 cm³/mol. The van der Waals surface area contributed by atoms with Crippen LogP contribution in [0.3, 0.4) is 0 Å². The SMILES string of the molecule is Cc1ccc(Nc2cc(Nc3c(F)cccc3F)ncn2)cc1C. The first-order valence-corrected chi connectivity index (χ1v) is 7.40. The normalized spacial score (nSPS) is 10.5. The first-order chi connectivity index (χ1) is 11.5. The molecule has 0 bridgehead atoms. The highest BCUT2D eigenvalue weighted by atomic mass is 19.1. The van der Waals surface area contributed by atoms with Gasteiger partial charge in [0, 0.05) is 11.8 Å². The molecule has 0 aliphatic carbocycles. The van der Waals surface area contributed by atoms with E-state index in [1.54, 1.807) is 6.07 Å². The molecule has 0 aliphatic heterocycles. The van der Waals surface area contributed by atoms with Crippen molar-refractivity contribution in [3.63, 3.8) is 0 Å². The third-order valence-electron chi connectivity index (χ3n) is 3.66. The van der Waals surface area contributed by atoms with Gasteiger partial charge in [-0.15, -0.1) is 0 Å². The van der Waals surface area contributed by atoms with Gasteiger partial charge in [0.25, 0.3) is 0 Å². The molecule has 0 unspecified atom stereocenters. The number of rotatable bonds is 4. The molecule has 24 heavy (non-hydrogen) atoms. The van der Waals surface area contributed by atoms with E-state index in [9.17, 15) is 8.78 Å². The molecule has 1 heterocycles. The van der Waals surface area contributed by atoms with E-state index in [1.807, 2.05) is 32.0 Å². The standard InChI is InChI=1S/C18H16F2N4/c1-11-6-7-13(8-12(11)2)23-16-9-17(22-10-21-16)24-18-14(19)4-3-5-15(18)20/h3-10H,1-2H3,(H2,21,22,23,24). The van der Waals surface area contributed by atoms with Gasteiger partial charge in [-0.2, -0.15) is 0 Å². The second-order valence-corrected chi connectivity index (χ2v) is 5.43. The smallest absolute Gasteiger partial charge is 0.149 e. The molecule has 0 aliphatic rings. The second-order valence-electron chi connectivity index (χ2n) is 5.43. The number of benzene rings is 2. The van der Waals surface area contributed by atoms with Crippen LogP contribution < -0.4 is 10.6 Å². The van der Waals surface area contributed by atoms with Crippen LogP contribution in [-0.4, -0.2) is 9.97 Å². The molecule has 3 rings (SSSR count). The summed E-state index contributed by atoms with van der Waals surface area (Å²) in [5.74, 6) is -0.553. The molecule has 0 amide bonds. The van der Waals surface area contributed by atoms with Crippen molar-refractivity contribution in [3.8, 4) is 0 Å². The van der Waals surface area contributed by atoms with Crippen molar-refractivity contribution < 1.29 is 8.78 Å². The number of hydrogen-bond acceptors (Lipinski definition) is 4. The summed E-state index contributed by atoms with van der Waals surface area (Å²) in [6.07, 6.45) is 1.32. The van der Waals surface area contributed by atoms with Crippen molar-refractivity contribution in [1.29, 1.82) is 0 Å². The minimum Gasteiger partial charge on any atom is -0.340 e. The summed E-state index contributed by atoms with van der Waals surface area (Å²) in [4.78, 5) is 8.12. The quantitative estimate of drug-likeness (QED) is 0.719. The van der Waals surface area contributed by atoms with Gasteiger partial charge in [0.05, 0.1) is 0 Å². The van der Waals surface area contributed by atoms with Crippen molar-refractivity contribution in [2.45, 2.75) is 13.8 Å². The number of nitrogens with one attached hydrogen (secondary N) is 2. The van der Waals surface area contributed by atoms with E-state index in [4.69, 9.17) is 0 Å². The lowest BCUT2D eigenvalue weighted by Gasteiger charge is -2.11. The highest BCUT2D eigenvalue weighted by Crippen LogP contribution is 2.24. The van der Waals surface area contributed by atoms with E-state index >= 15 is 0 Å². The zero-order valence-corrected chi connectivity index (χ0v) is 13.3. The first kappa shape index (κ1) is 15.9. The Hall–Kier alpha value is -3.02. The Bertz CT molecular complexity index is 860. The molecule has 0 spiro atoms. The molecule has 0 radical (unpaired) electrons. The molecule has 1 aromatic heterocycles. The van der Waals surface area contributed by atoms with E-state index in [2.05, 4.69) is 20.6 Å². The zero-order chi connectivity index (χ0) is 17.1. The lowest BCUT2D eigenvalue weighted by Crippen LogP contribution is -2.01. The summed E-state index contributed by atoms with van der Waals surface area (Å²) in [7, 11) is 0. The molecule has 0 saturated carbocycles. The topological polar surface area (TPSA) is 49.8 Å². The summed E-state index contributed by atoms with van der Waals surface area (Å²) in [5.41, 5.74) is 2.98. The number of aromatic nitrogens is 2. The van der Waals surface area contributed by atoms with Crippen LogP contribution >= 0.6 is 0 Å². The van der Waals surface area contributed by atoms with Gasteiger partial charge >= 0.3 is 0 Å². The summed E-state index contributed by atoms with van der Waals surface area (Å²) < 4.78 is 27.4. The van der Waals surface area contributed by atoms with Crippen LogP contribution in [0.25, 0.3) is 0 Å². The third kappa shape index (κ3) is 3.48. The van der Waals surface area contributed by atoms with Crippen molar-refractivity contribution in [3.05, 3.63) is 71.6 Å². The van der Waals surface area contributed by atoms with Crippen LogP contribution in [0.4, 0.5) is 31.8 Å². The molecular formula is C18H16F2N4. The lowest BCUT2D eigenvalue weighted by molar-refractivity contribution is 0.590. The molecule has 3 aromatic rings. The Balaban J connectivity index is 1.82. The molecular weight excluding hydrogens is 310 g/mol. The van der Waals surface area contributed by atoms with Crippen molar-refractivity contribution in [1.82, 2.24) is 9.97 Å². The average molecular weight is 326 g/mol. The maximum Gasteiger partial charge on any atom is 0.149 e. The van der Waals surface area contributed by atoms with Crippen LogP contribution in [-0.2, 0) is 0 Å². The van der Waals surface area contributed by atoms with Crippen molar-refractivity contribution in [2.24, 2.45) is 0 Å². The summed E-state index contributed by atoms with van der Waals surface area (Å²) >= 11 is 0. The lowest BCUT2D eigenvalue weighted by atomic mass is 10.1. The molecule has 0 fully saturated rings. The van der Waals surface area contributed by atoms with Gasteiger partial charge in [-0.05, 0) is 49.2 Å². The van der Waals surface area contributed by atoms with Crippen LogP contribution in [0.1, 0.15) is 11.1 Å². The number of anilines is 4. The van der Waals surface area contributed by atoms with Gasteiger partial charge in [-0.25, -0.2) is 18.7 Å². The van der Waals surface area contributed by atoms with Crippen molar-refractivity contribution >= 4 is 23.0 Å². The van der Waals surface area contributed by atoms with E-state index in [-0.39, 0.29) is 5.69 Å². The monoisotopic (exact) mass is 326 g/mol. The highest BCUT2D eigenvalue weighted by molar-refractivity contribution is 5.64. The van der Waals surface area contributed by atoms with E-state index in [0.29, 0.717) is 11.6 Å². The Kier molecular flexibility index (Phi) is 4.37. The van der Waals surface area contributed by atoms with Gasteiger partial charge in [-0.1, -0.05) is 12.1 Å². The molecule has 4 nitrogen and oxygen atoms in total. The molecule has 122 valence electrons. The molecule has 0 saturated heterocycles. The maximum absolute atomic E-state index is 13.7. The maximum atomic E-state index is 13.7. The molecule has 0 atom stereocenters. The Morgan fingerprint density at radius 3 is 2.12 bits per heavy atom. The van der Waals surface area contributed by atoms with Crippen molar-refractivity contribution in [2.75, 3.05) is 10.6 Å². The second kappa shape index (κ2) is 6.62. The Labute approximate surface area is 138 Å². The Morgan fingerprint density at radius 2 is 1.46 bits per heavy atom. The first-order valence-electron chi connectivity index (χ1n) is 7.40. The van der Waals surface area contributed by atoms with Gasteiger partial charge < -0.3 is 10.6 Å². The molecule has 2 N–H and O–H groups in total. The van der Waals surface area contributed by atoms with E-state index in [0.717, 1.165) is 11.3 Å². The molecule has 6 heteroatoms. The van der Waals surface area contributed by atoms with Crippen LogP contribution in [0.5, 0.6) is 0 Å². The minimum atomic E-state index is -0.683. The van der Waals surface area contributed by atoms with Gasteiger partial charge in [-0.3, -0.25) is 0 Å². The van der Waals surface area contributed by atoms with Crippen LogP contribution in [0.2, 0.25) is 0 Å². The fourth-order valence-corrected chi connectivity index (χ4v) is 2.21. The van der Waals surface area contributed by atoms with Crippen LogP contribution in [0.15, 0.2) is 48.8 Å². The summed E-state index contributed by atoms with van der Waals surface area (Å²) in [5, 5.41) is 5.79. The van der Waals surface area contributed by atoms with E-state index < -0.39 is 11.6 Å². The third-order valence-corrected chi connectivity index (χ3v) is 3.66. The summed E-state index contributed by atoms with van der Waals surface area (Å²) in [6.45, 7) is 4.06. The number of aryl methyl sites for hydroxylation is 2. The molecule has 2 aromatic carbocycles. The van der Waals surface area contributed by atoms with Gasteiger partial charge in [0.1, 0.15) is 35.3 Å². The van der Waals surface area contributed by atoms with Gasteiger partial charge in [0.2, 0.25) is 0 Å². The predicted octanol–water partition coefficient (Wildman–Crippen LogP) is 4.86. The average Bonchev–Trinajstić information content (AvgIpc) is 2.55. The van der Waals surface area contributed by atoms with Gasteiger partial charge in [0.15, 0.2) is 0 Å². The Morgan fingerprint density at radius 1 is 0.792 bits per heavy atom. The fourth-order valence-electron chi connectivity index (χ4n) is 2.21. The number of para-hydroxylation sites is 1. The largest absolute Gasteiger partial charge is 0.340 e. The van der Waals surface area contributed by atoms with Crippen LogP contribution in [0, 0.1) is 25.5 Å².